The maximum atomic E-state index is 12.3. The van der Waals surface area contributed by atoms with E-state index in [1.54, 1.807) is 23.1 Å². The van der Waals surface area contributed by atoms with Gasteiger partial charge in [0.2, 0.25) is 0 Å². The number of aromatic nitrogens is 1. The van der Waals surface area contributed by atoms with Crippen LogP contribution in [0.4, 0.5) is 0 Å². The van der Waals surface area contributed by atoms with Crippen molar-refractivity contribution in [1.82, 2.24) is 4.98 Å². The first-order chi connectivity index (χ1) is 12.3. The van der Waals surface area contributed by atoms with Crippen molar-refractivity contribution in [1.29, 1.82) is 0 Å². The monoisotopic (exact) mass is 361 g/mol. The zero-order valence-corrected chi connectivity index (χ0v) is 15.0. The van der Waals surface area contributed by atoms with Gasteiger partial charge in [0.25, 0.3) is 0 Å². The molecule has 122 valence electrons. The van der Waals surface area contributed by atoms with Crippen molar-refractivity contribution >= 4 is 39.1 Å². The highest BCUT2D eigenvalue weighted by molar-refractivity contribution is 8.01. The van der Waals surface area contributed by atoms with E-state index >= 15 is 0 Å². The molecule has 0 aliphatic heterocycles. The quantitative estimate of drug-likeness (QED) is 0.416. The van der Waals surface area contributed by atoms with Crippen LogP contribution in [0.15, 0.2) is 88.1 Å². The number of carbonyl (C=O) groups is 1. The highest BCUT2D eigenvalue weighted by Crippen LogP contribution is 2.34. The molecule has 4 rings (SSSR count). The Morgan fingerprint density at radius 3 is 2.36 bits per heavy atom. The summed E-state index contributed by atoms with van der Waals surface area (Å²) < 4.78 is 2.24. The van der Waals surface area contributed by atoms with Gasteiger partial charge in [-0.3, -0.25) is 4.79 Å². The first-order valence-corrected chi connectivity index (χ1v) is 9.62. The van der Waals surface area contributed by atoms with E-state index in [2.05, 4.69) is 23.2 Å². The smallest absolute Gasteiger partial charge is 0.167 e. The Morgan fingerprint density at radius 2 is 1.60 bits per heavy atom. The zero-order chi connectivity index (χ0) is 17.1. The minimum absolute atomic E-state index is 0.146. The highest BCUT2D eigenvalue weighted by atomic mass is 32.2. The molecule has 0 amide bonds. The molecular weight excluding hydrogens is 346 g/mol. The molecule has 0 fully saturated rings. The van der Waals surface area contributed by atoms with Gasteiger partial charge < -0.3 is 0 Å². The Bertz CT molecular complexity index is 974. The van der Waals surface area contributed by atoms with Crippen LogP contribution in [0.2, 0.25) is 0 Å². The molecule has 0 spiro atoms. The molecule has 0 saturated carbocycles. The van der Waals surface area contributed by atoms with Crippen molar-refractivity contribution in [3.05, 3.63) is 90.0 Å². The largest absolute Gasteiger partial charge is 0.294 e. The number of fused-ring (bicyclic) bond motifs is 1. The number of Topliss-reactive ketones (excluding diaryl/α,β-unsaturated/α-hetero) is 1. The molecule has 0 saturated heterocycles. The van der Waals surface area contributed by atoms with E-state index in [4.69, 9.17) is 0 Å². The Labute approximate surface area is 154 Å². The van der Waals surface area contributed by atoms with Gasteiger partial charge in [0.05, 0.1) is 10.2 Å². The molecule has 1 heterocycles. The summed E-state index contributed by atoms with van der Waals surface area (Å²) in [5.41, 5.74) is 2.83. The minimum atomic E-state index is 0.146. The Kier molecular flexibility index (Phi) is 4.63. The Hall–Kier alpha value is -2.43. The van der Waals surface area contributed by atoms with Crippen molar-refractivity contribution in [3.63, 3.8) is 0 Å². The fraction of sp³-hybridized carbons (Fsp3) is 0.0476. The van der Waals surface area contributed by atoms with E-state index < -0.39 is 0 Å². The summed E-state index contributed by atoms with van der Waals surface area (Å²) in [6.45, 7) is 0. The van der Waals surface area contributed by atoms with Crippen LogP contribution in [-0.4, -0.2) is 10.8 Å². The standard InChI is InChI=1S/C21H15NOS2/c23-19(16-6-2-1-3-7-16)14-15-10-12-17(13-11-15)24-21-22-18-8-4-5-9-20(18)25-21/h1-13H,14H2. The molecule has 0 aliphatic carbocycles. The first-order valence-electron chi connectivity index (χ1n) is 7.98. The van der Waals surface area contributed by atoms with Crippen LogP contribution in [0.5, 0.6) is 0 Å². The van der Waals surface area contributed by atoms with Crippen molar-refractivity contribution in [2.75, 3.05) is 0 Å². The topological polar surface area (TPSA) is 30.0 Å². The summed E-state index contributed by atoms with van der Waals surface area (Å²) >= 11 is 3.36. The number of ketones is 1. The van der Waals surface area contributed by atoms with Crippen molar-refractivity contribution < 1.29 is 4.79 Å². The van der Waals surface area contributed by atoms with Crippen molar-refractivity contribution in [2.45, 2.75) is 15.7 Å². The first kappa shape index (κ1) is 16.1. The molecule has 0 atom stereocenters. The molecule has 0 unspecified atom stereocenters. The third kappa shape index (κ3) is 3.81. The van der Waals surface area contributed by atoms with Crippen molar-refractivity contribution in [3.8, 4) is 0 Å². The predicted molar refractivity (Wildman–Crippen MR) is 105 cm³/mol. The second kappa shape index (κ2) is 7.21. The summed E-state index contributed by atoms with van der Waals surface area (Å²) in [4.78, 5) is 18.1. The van der Waals surface area contributed by atoms with Gasteiger partial charge >= 0.3 is 0 Å². The molecule has 4 heteroatoms. The average molecular weight is 361 g/mol. The SMILES string of the molecule is O=C(Cc1ccc(Sc2nc3ccccc3s2)cc1)c1ccccc1. The lowest BCUT2D eigenvalue weighted by atomic mass is 10.0. The molecule has 0 N–H and O–H groups in total. The number of benzene rings is 3. The number of hydrogen-bond acceptors (Lipinski definition) is 4. The molecule has 3 aromatic carbocycles. The average Bonchev–Trinajstić information content (AvgIpc) is 3.06. The summed E-state index contributed by atoms with van der Waals surface area (Å²) in [5, 5.41) is 0. The summed E-state index contributed by atoms with van der Waals surface area (Å²) in [6.07, 6.45) is 0.427. The summed E-state index contributed by atoms with van der Waals surface area (Å²) in [5.74, 6) is 0.146. The molecule has 2 nitrogen and oxygen atoms in total. The normalized spacial score (nSPS) is 10.9. The van der Waals surface area contributed by atoms with Gasteiger partial charge in [0, 0.05) is 16.9 Å². The Morgan fingerprint density at radius 1 is 0.880 bits per heavy atom. The molecule has 1 aromatic heterocycles. The Balaban J connectivity index is 1.45. The molecule has 4 aromatic rings. The van der Waals surface area contributed by atoms with Gasteiger partial charge in [-0.2, -0.15) is 0 Å². The van der Waals surface area contributed by atoms with Crippen LogP contribution in [0.3, 0.4) is 0 Å². The van der Waals surface area contributed by atoms with E-state index in [1.165, 1.54) is 4.70 Å². The second-order valence-corrected chi connectivity index (χ2v) is 8.01. The van der Waals surface area contributed by atoms with E-state index in [1.807, 2.05) is 60.7 Å². The van der Waals surface area contributed by atoms with Gasteiger partial charge in [-0.25, -0.2) is 4.98 Å². The fourth-order valence-electron chi connectivity index (χ4n) is 2.58. The van der Waals surface area contributed by atoms with Gasteiger partial charge in [0.15, 0.2) is 10.1 Å². The number of para-hydroxylation sites is 1. The van der Waals surface area contributed by atoms with Gasteiger partial charge in [-0.1, -0.05) is 66.4 Å². The summed E-state index contributed by atoms with van der Waals surface area (Å²) in [7, 11) is 0. The number of nitrogens with zero attached hydrogens (tertiary/aromatic N) is 1. The van der Waals surface area contributed by atoms with Crippen LogP contribution >= 0.6 is 23.1 Å². The van der Waals surface area contributed by atoms with Gasteiger partial charge in [0.1, 0.15) is 0 Å². The van der Waals surface area contributed by atoms with Crippen molar-refractivity contribution in [2.24, 2.45) is 0 Å². The maximum Gasteiger partial charge on any atom is 0.167 e. The lowest BCUT2D eigenvalue weighted by Gasteiger charge is -2.03. The molecule has 25 heavy (non-hydrogen) atoms. The van der Waals surface area contributed by atoms with Crippen LogP contribution < -0.4 is 0 Å². The third-order valence-electron chi connectivity index (χ3n) is 3.86. The molecule has 0 radical (unpaired) electrons. The lowest BCUT2D eigenvalue weighted by molar-refractivity contribution is 0.0993. The van der Waals surface area contributed by atoms with Crippen LogP contribution in [0.25, 0.3) is 10.2 Å². The zero-order valence-electron chi connectivity index (χ0n) is 13.4. The predicted octanol–water partition coefficient (Wildman–Crippen LogP) is 5.87. The maximum absolute atomic E-state index is 12.3. The van der Waals surface area contributed by atoms with Crippen LogP contribution in [0.1, 0.15) is 15.9 Å². The van der Waals surface area contributed by atoms with E-state index in [0.29, 0.717) is 6.42 Å². The van der Waals surface area contributed by atoms with Gasteiger partial charge in [-0.15, -0.1) is 11.3 Å². The van der Waals surface area contributed by atoms with Crippen LogP contribution in [-0.2, 0) is 6.42 Å². The van der Waals surface area contributed by atoms with E-state index in [9.17, 15) is 4.79 Å². The van der Waals surface area contributed by atoms with Gasteiger partial charge in [-0.05, 0) is 29.8 Å². The lowest BCUT2D eigenvalue weighted by Crippen LogP contribution is -2.02. The third-order valence-corrected chi connectivity index (χ3v) is 5.97. The number of hydrogen-bond donors (Lipinski definition) is 0. The van der Waals surface area contributed by atoms with E-state index in [0.717, 1.165) is 25.9 Å². The van der Waals surface area contributed by atoms with E-state index in [-0.39, 0.29) is 5.78 Å². The molecule has 0 bridgehead atoms. The number of rotatable bonds is 5. The van der Waals surface area contributed by atoms with Crippen LogP contribution in [0, 0.1) is 0 Å². The number of carbonyl (C=O) groups excluding carboxylic acids is 1. The number of thiazole rings is 1. The second-order valence-electron chi connectivity index (χ2n) is 5.66. The highest BCUT2D eigenvalue weighted by Gasteiger charge is 2.08. The summed E-state index contributed by atoms with van der Waals surface area (Å²) in [6, 6.07) is 25.8. The molecule has 0 aliphatic rings. The minimum Gasteiger partial charge on any atom is -0.294 e. The fourth-order valence-corrected chi connectivity index (χ4v) is 4.62. The molecular formula is C21H15NOS2.